The van der Waals surface area contributed by atoms with E-state index in [9.17, 15) is 4.79 Å². The molecule has 26 heavy (non-hydrogen) atoms. The summed E-state index contributed by atoms with van der Waals surface area (Å²) in [6, 6.07) is 8.11. The number of anilines is 1. The second kappa shape index (κ2) is 8.43. The predicted octanol–water partition coefficient (Wildman–Crippen LogP) is 3.03. The molecule has 2 fully saturated rings. The maximum Gasteiger partial charge on any atom is 0.227 e. The molecule has 2 N–H and O–H groups in total. The van der Waals surface area contributed by atoms with E-state index < -0.39 is 0 Å². The number of ether oxygens (including phenoxy) is 1. The zero-order valence-electron chi connectivity index (χ0n) is 14.6. The maximum atomic E-state index is 12.7. The molecule has 0 bridgehead atoms. The Morgan fingerprint density at radius 1 is 1.35 bits per heavy atom. The minimum atomic E-state index is 0. The summed E-state index contributed by atoms with van der Waals surface area (Å²) in [6.45, 7) is 3.58. The van der Waals surface area contributed by atoms with Gasteiger partial charge in [-0.25, -0.2) is 0 Å². The molecule has 4 rings (SSSR count). The third-order valence-electron chi connectivity index (χ3n) is 4.90. The van der Waals surface area contributed by atoms with Crippen LogP contribution in [-0.4, -0.2) is 41.4 Å². The van der Waals surface area contributed by atoms with Gasteiger partial charge in [-0.3, -0.25) is 4.79 Å². The molecule has 1 aliphatic carbocycles. The number of hydrogen-bond acceptors (Lipinski definition) is 6. The molecule has 1 amide bonds. The molecule has 1 saturated carbocycles. The minimum absolute atomic E-state index is 0. The number of amides is 1. The topological polar surface area (TPSA) is 76.1 Å². The molecule has 1 aromatic carbocycles. The van der Waals surface area contributed by atoms with Gasteiger partial charge in [0.2, 0.25) is 5.91 Å². The van der Waals surface area contributed by atoms with E-state index in [1.54, 1.807) is 11.3 Å². The Morgan fingerprint density at radius 3 is 3.04 bits per heavy atom. The van der Waals surface area contributed by atoms with Gasteiger partial charge in [0.25, 0.3) is 0 Å². The molecule has 6 nitrogen and oxygen atoms in total. The summed E-state index contributed by atoms with van der Waals surface area (Å²) in [5.41, 5.74) is 1.79. The van der Waals surface area contributed by atoms with Gasteiger partial charge in [0, 0.05) is 29.8 Å². The zero-order chi connectivity index (χ0) is 17.2. The number of halogens is 1. The third-order valence-corrected chi connectivity index (χ3v) is 5.79. The lowest BCUT2D eigenvalue weighted by Crippen LogP contribution is -2.52. The molecule has 2 aromatic rings. The van der Waals surface area contributed by atoms with Gasteiger partial charge in [-0.1, -0.05) is 23.5 Å². The Bertz CT molecular complexity index is 769. The SMILES string of the molecule is Cc1nnc(-c2cccc(NC(=O)[C@H]3CC[C@H]4OCCN[C@@H]4C3)c2)s1.Cl. The van der Waals surface area contributed by atoms with Crippen LogP contribution in [0.1, 0.15) is 24.3 Å². The fraction of sp³-hybridized carbons (Fsp3) is 0.500. The molecule has 0 radical (unpaired) electrons. The average Bonchev–Trinajstić information content (AvgIpc) is 3.08. The van der Waals surface area contributed by atoms with E-state index >= 15 is 0 Å². The van der Waals surface area contributed by atoms with Crippen molar-refractivity contribution in [2.24, 2.45) is 5.92 Å². The number of hydrogen-bond donors (Lipinski definition) is 2. The number of nitrogens with zero attached hydrogens (tertiary/aromatic N) is 2. The van der Waals surface area contributed by atoms with Gasteiger partial charge in [0.15, 0.2) is 0 Å². The number of rotatable bonds is 3. The third kappa shape index (κ3) is 4.23. The van der Waals surface area contributed by atoms with Gasteiger partial charge in [0.1, 0.15) is 10.0 Å². The van der Waals surface area contributed by atoms with Crippen molar-refractivity contribution in [3.05, 3.63) is 29.3 Å². The molecule has 8 heteroatoms. The van der Waals surface area contributed by atoms with Crippen molar-refractivity contribution in [1.29, 1.82) is 0 Å². The van der Waals surface area contributed by atoms with Crippen molar-refractivity contribution in [3.8, 4) is 10.6 Å². The Hall–Kier alpha value is -1.54. The van der Waals surface area contributed by atoms with Crippen LogP contribution in [0, 0.1) is 12.8 Å². The second-order valence-electron chi connectivity index (χ2n) is 6.68. The van der Waals surface area contributed by atoms with Crippen LogP contribution in [0.5, 0.6) is 0 Å². The van der Waals surface area contributed by atoms with E-state index in [4.69, 9.17) is 4.74 Å². The highest BCUT2D eigenvalue weighted by Gasteiger charge is 2.35. The van der Waals surface area contributed by atoms with Crippen LogP contribution >= 0.6 is 23.7 Å². The fourth-order valence-electron chi connectivity index (χ4n) is 3.64. The van der Waals surface area contributed by atoms with Gasteiger partial charge >= 0.3 is 0 Å². The number of aromatic nitrogens is 2. The number of benzene rings is 1. The highest BCUT2D eigenvalue weighted by molar-refractivity contribution is 7.14. The molecule has 1 saturated heterocycles. The number of carbonyl (C=O) groups excluding carboxylic acids is 1. The molecule has 3 atom stereocenters. The van der Waals surface area contributed by atoms with Crippen molar-refractivity contribution in [2.75, 3.05) is 18.5 Å². The molecular weight excluding hydrogens is 372 g/mol. The van der Waals surface area contributed by atoms with Crippen LogP contribution < -0.4 is 10.6 Å². The quantitative estimate of drug-likeness (QED) is 0.836. The molecule has 140 valence electrons. The van der Waals surface area contributed by atoms with Crippen molar-refractivity contribution in [3.63, 3.8) is 0 Å². The van der Waals surface area contributed by atoms with Gasteiger partial charge in [-0.15, -0.1) is 22.6 Å². The molecule has 0 spiro atoms. The van der Waals surface area contributed by atoms with Crippen molar-refractivity contribution >= 4 is 35.3 Å². The van der Waals surface area contributed by atoms with Crippen LogP contribution in [0.4, 0.5) is 5.69 Å². The lowest BCUT2D eigenvalue weighted by atomic mass is 9.82. The Balaban J connectivity index is 0.00000196. The minimum Gasteiger partial charge on any atom is -0.375 e. The molecule has 1 aromatic heterocycles. The highest BCUT2D eigenvalue weighted by Crippen LogP contribution is 2.30. The van der Waals surface area contributed by atoms with Gasteiger partial charge < -0.3 is 15.4 Å². The van der Waals surface area contributed by atoms with E-state index in [1.165, 1.54) is 0 Å². The fourth-order valence-corrected chi connectivity index (χ4v) is 4.33. The van der Waals surface area contributed by atoms with Crippen LogP contribution in [0.25, 0.3) is 10.6 Å². The standard InChI is InChI=1S/C18H22N4O2S.ClH/c1-11-21-22-18(25-11)13-3-2-4-14(9-13)20-17(23)12-5-6-16-15(10-12)19-7-8-24-16;/h2-4,9,12,15-16,19H,5-8,10H2,1H3,(H,20,23);1H/t12-,15+,16+;/m0./s1. The summed E-state index contributed by atoms with van der Waals surface area (Å²) < 4.78 is 5.79. The summed E-state index contributed by atoms with van der Waals surface area (Å²) in [5.74, 6) is 0.124. The first-order valence-electron chi connectivity index (χ1n) is 8.75. The zero-order valence-corrected chi connectivity index (χ0v) is 16.2. The van der Waals surface area contributed by atoms with Gasteiger partial charge in [0.05, 0.1) is 12.7 Å². The molecule has 2 aliphatic rings. The molecule has 1 aliphatic heterocycles. The summed E-state index contributed by atoms with van der Waals surface area (Å²) in [7, 11) is 0. The second-order valence-corrected chi connectivity index (χ2v) is 7.86. The average molecular weight is 395 g/mol. The maximum absolute atomic E-state index is 12.7. The largest absolute Gasteiger partial charge is 0.375 e. The van der Waals surface area contributed by atoms with Gasteiger partial charge in [-0.05, 0) is 38.3 Å². The summed E-state index contributed by atoms with van der Waals surface area (Å²) in [4.78, 5) is 12.7. The summed E-state index contributed by atoms with van der Waals surface area (Å²) in [5, 5.41) is 16.6. The molecule has 0 unspecified atom stereocenters. The van der Waals surface area contributed by atoms with Crippen LogP contribution in [0.15, 0.2) is 24.3 Å². The summed E-state index contributed by atoms with van der Waals surface area (Å²) in [6.07, 6.45) is 2.93. The van der Waals surface area contributed by atoms with Gasteiger partial charge in [-0.2, -0.15) is 0 Å². The molecular formula is C18H23ClN4O2S. The lowest BCUT2D eigenvalue weighted by Gasteiger charge is -2.39. The predicted molar refractivity (Wildman–Crippen MR) is 105 cm³/mol. The lowest BCUT2D eigenvalue weighted by molar-refractivity contribution is -0.123. The summed E-state index contributed by atoms with van der Waals surface area (Å²) >= 11 is 1.55. The molecule has 2 heterocycles. The van der Waals surface area contributed by atoms with Crippen LogP contribution in [-0.2, 0) is 9.53 Å². The number of carbonyl (C=O) groups is 1. The monoisotopic (exact) mass is 394 g/mol. The van der Waals surface area contributed by atoms with E-state index in [2.05, 4.69) is 20.8 Å². The van der Waals surface area contributed by atoms with E-state index in [0.717, 1.165) is 53.7 Å². The number of morpholine rings is 1. The van der Waals surface area contributed by atoms with Crippen molar-refractivity contribution < 1.29 is 9.53 Å². The first kappa shape index (κ1) is 19.2. The Kier molecular flexibility index (Phi) is 6.24. The normalized spacial score (nSPS) is 25.0. The smallest absolute Gasteiger partial charge is 0.227 e. The first-order chi connectivity index (χ1) is 12.2. The van der Waals surface area contributed by atoms with Crippen molar-refractivity contribution in [2.45, 2.75) is 38.3 Å². The number of nitrogens with one attached hydrogen (secondary N) is 2. The Labute approximate surface area is 163 Å². The Morgan fingerprint density at radius 2 is 2.23 bits per heavy atom. The number of fused-ring (bicyclic) bond motifs is 1. The van der Waals surface area contributed by atoms with Crippen LogP contribution in [0.2, 0.25) is 0 Å². The van der Waals surface area contributed by atoms with Crippen molar-refractivity contribution in [1.82, 2.24) is 15.5 Å². The van der Waals surface area contributed by atoms with E-state index in [-0.39, 0.29) is 30.3 Å². The number of aryl methyl sites for hydroxylation is 1. The van der Waals surface area contributed by atoms with Crippen LogP contribution in [0.3, 0.4) is 0 Å². The first-order valence-corrected chi connectivity index (χ1v) is 9.57. The highest BCUT2D eigenvalue weighted by atomic mass is 35.5. The van der Waals surface area contributed by atoms with E-state index in [1.807, 2.05) is 31.2 Å². The van der Waals surface area contributed by atoms with E-state index in [0.29, 0.717) is 6.04 Å².